The first-order valence-electron chi connectivity index (χ1n) is 13.3. The van der Waals surface area contributed by atoms with Gasteiger partial charge in [0.1, 0.15) is 0 Å². The van der Waals surface area contributed by atoms with E-state index in [1.165, 1.54) is 0 Å². The lowest BCUT2D eigenvalue weighted by Crippen LogP contribution is -2.45. The largest absolute Gasteiger partial charge is 0.396 e. The summed E-state index contributed by atoms with van der Waals surface area (Å²) in [5.41, 5.74) is 1.36. The zero-order valence-corrected chi connectivity index (χ0v) is 24.6. The molecular formula is C28H35BrFN3O4Si. The van der Waals surface area contributed by atoms with E-state index in [1.807, 2.05) is 49.4 Å². The Morgan fingerprint density at radius 1 is 1.29 bits per heavy atom. The summed E-state index contributed by atoms with van der Waals surface area (Å²) in [4.78, 5) is 28.4. The van der Waals surface area contributed by atoms with Crippen molar-refractivity contribution in [2.24, 2.45) is 5.92 Å². The van der Waals surface area contributed by atoms with E-state index in [-0.39, 0.29) is 30.9 Å². The van der Waals surface area contributed by atoms with Crippen molar-refractivity contribution in [1.82, 2.24) is 5.32 Å². The normalized spacial score (nSPS) is 28.8. The van der Waals surface area contributed by atoms with Gasteiger partial charge in [-0.3, -0.25) is 9.59 Å². The van der Waals surface area contributed by atoms with Gasteiger partial charge in [-0.25, -0.2) is 0 Å². The predicted octanol–water partition coefficient (Wildman–Crippen LogP) is 4.84. The van der Waals surface area contributed by atoms with Gasteiger partial charge in [0, 0.05) is 33.8 Å². The highest BCUT2D eigenvalue weighted by molar-refractivity contribution is 9.10. The summed E-state index contributed by atoms with van der Waals surface area (Å²) in [5.74, 6) is -0.630. The molecule has 2 amide bonds. The Hall–Kier alpha value is -2.11. The van der Waals surface area contributed by atoms with Crippen LogP contribution in [0.25, 0.3) is 0 Å². The number of halogens is 2. The van der Waals surface area contributed by atoms with Crippen LogP contribution in [0, 0.1) is 5.92 Å². The number of benzene rings is 2. The summed E-state index contributed by atoms with van der Waals surface area (Å²) in [7, 11) is -3.23. The topological polar surface area (TPSA) is 90.9 Å². The molecular weight excluding hydrogens is 569 g/mol. The average molecular weight is 605 g/mol. The van der Waals surface area contributed by atoms with E-state index in [4.69, 9.17) is 4.74 Å². The molecule has 204 valence electrons. The highest BCUT2D eigenvalue weighted by Crippen LogP contribution is 2.60. The molecule has 0 aliphatic carbocycles. The van der Waals surface area contributed by atoms with Gasteiger partial charge in [-0.15, -0.1) is 0 Å². The molecule has 3 N–H and O–H groups in total. The first-order valence-corrected chi connectivity index (χ1v) is 17.0. The average Bonchev–Trinajstić information content (AvgIpc) is 3.55. The first kappa shape index (κ1) is 27.5. The number of anilines is 2. The van der Waals surface area contributed by atoms with E-state index >= 15 is 4.11 Å². The number of amides is 2. The third kappa shape index (κ3) is 4.74. The molecule has 1 spiro atoms. The molecule has 2 aromatic carbocycles. The number of nitrogens with one attached hydrogen (secondary N) is 2. The van der Waals surface area contributed by atoms with Gasteiger partial charge in [-0.1, -0.05) is 35.0 Å². The van der Waals surface area contributed by atoms with Gasteiger partial charge in [-0.2, -0.15) is 0 Å². The number of hydrogen-bond donors (Lipinski definition) is 3. The first-order chi connectivity index (χ1) is 18.1. The van der Waals surface area contributed by atoms with E-state index in [9.17, 15) is 14.7 Å². The maximum Gasteiger partial charge on any atom is 0.264 e. The Labute approximate surface area is 232 Å². The Morgan fingerprint density at radius 2 is 2.03 bits per heavy atom. The van der Waals surface area contributed by atoms with E-state index in [0.29, 0.717) is 12.2 Å². The Bertz CT molecular complexity index is 1220. The molecule has 5 rings (SSSR count). The summed E-state index contributed by atoms with van der Waals surface area (Å²) in [6, 6.07) is 13.0. The number of nitrogens with zero attached hydrogens (tertiary/aromatic N) is 1. The fourth-order valence-corrected chi connectivity index (χ4v) is 9.49. The molecule has 0 saturated carbocycles. The second-order valence-corrected chi connectivity index (χ2v) is 15.9. The highest BCUT2D eigenvalue weighted by atomic mass is 79.9. The lowest BCUT2D eigenvalue weighted by atomic mass is 9.82. The van der Waals surface area contributed by atoms with Crippen LogP contribution < -0.4 is 15.5 Å². The van der Waals surface area contributed by atoms with Crippen molar-refractivity contribution in [3.63, 3.8) is 0 Å². The Morgan fingerprint density at radius 3 is 2.66 bits per heavy atom. The molecule has 5 atom stereocenters. The smallest absolute Gasteiger partial charge is 0.264 e. The molecule has 3 heterocycles. The summed E-state index contributed by atoms with van der Waals surface area (Å²) in [6.45, 7) is 6.27. The predicted molar refractivity (Wildman–Crippen MR) is 151 cm³/mol. The zero-order valence-electron chi connectivity index (χ0n) is 22.0. The number of hydrogen-bond acceptors (Lipinski definition) is 5. The van der Waals surface area contributed by atoms with Crippen molar-refractivity contribution in [3.8, 4) is 0 Å². The number of ether oxygens (including phenoxy) is 1. The number of fused-ring (bicyclic) bond motifs is 2. The summed E-state index contributed by atoms with van der Waals surface area (Å²) >= 11 is 3.54. The Kier molecular flexibility index (Phi) is 7.56. The SMILES string of the molecule is C[C@@H]1[C@@H]([Si](C)(C)F)[C@H](CCO)O[C@@]12C(=O)N(Cc1ccc(NC(=O)[C@H]3CCCN3)cc1)c1ccc(Br)cc12. The maximum atomic E-state index is 15.6. The molecule has 38 heavy (non-hydrogen) atoms. The number of aliphatic hydroxyl groups excluding tert-OH is 1. The van der Waals surface area contributed by atoms with Gasteiger partial charge >= 0.3 is 0 Å². The van der Waals surface area contributed by atoms with Gasteiger partial charge in [-0.05, 0) is 74.8 Å². The lowest BCUT2D eigenvalue weighted by Gasteiger charge is -2.31. The summed E-state index contributed by atoms with van der Waals surface area (Å²) in [5, 5.41) is 15.9. The molecule has 2 saturated heterocycles. The number of carbonyl (C=O) groups is 2. The minimum Gasteiger partial charge on any atom is -0.396 e. The van der Waals surface area contributed by atoms with Crippen LogP contribution in [-0.2, 0) is 26.5 Å². The summed E-state index contributed by atoms with van der Waals surface area (Å²) in [6.07, 6.45) is 1.59. The van der Waals surface area contributed by atoms with Gasteiger partial charge in [0.05, 0.1) is 24.4 Å². The molecule has 0 aromatic heterocycles. The van der Waals surface area contributed by atoms with Crippen LogP contribution in [-0.4, -0.2) is 50.6 Å². The van der Waals surface area contributed by atoms with Gasteiger partial charge in [0.25, 0.3) is 5.91 Å². The minimum atomic E-state index is -3.23. The second-order valence-electron chi connectivity index (χ2n) is 11.2. The third-order valence-corrected chi connectivity index (χ3v) is 11.2. The second kappa shape index (κ2) is 10.5. The van der Waals surface area contributed by atoms with Crippen LogP contribution in [0.1, 0.15) is 37.3 Å². The number of carbonyl (C=O) groups excluding carboxylic acids is 2. The van der Waals surface area contributed by atoms with Crippen molar-refractivity contribution < 1.29 is 23.5 Å². The molecule has 3 aliphatic heterocycles. The zero-order chi connectivity index (χ0) is 27.2. The van der Waals surface area contributed by atoms with E-state index in [2.05, 4.69) is 26.6 Å². The minimum absolute atomic E-state index is 0.0369. The summed E-state index contributed by atoms with van der Waals surface area (Å²) < 4.78 is 23.0. The van der Waals surface area contributed by atoms with Crippen LogP contribution >= 0.6 is 15.9 Å². The maximum absolute atomic E-state index is 15.6. The molecule has 0 unspecified atom stereocenters. The number of rotatable bonds is 7. The van der Waals surface area contributed by atoms with Crippen molar-refractivity contribution in [3.05, 3.63) is 58.1 Å². The van der Waals surface area contributed by atoms with Gasteiger partial charge in [0.2, 0.25) is 14.3 Å². The molecule has 0 bridgehead atoms. The van der Waals surface area contributed by atoms with Crippen molar-refractivity contribution >= 4 is 47.5 Å². The van der Waals surface area contributed by atoms with Gasteiger partial charge < -0.3 is 29.5 Å². The van der Waals surface area contributed by atoms with E-state index < -0.39 is 31.6 Å². The molecule has 2 fully saturated rings. The van der Waals surface area contributed by atoms with Crippen LogP contribution in [0.5, 0.6) is 0 Å². The lowest BCUT2D eigenvalue weighted by molar-refractivity contribution is -0.146. The van der Waals surface area contributed by atoms with Crippen LogP contribution in [0.15, 0.2) is 46.9 Å². The fraction of sp³-hybridized carbons (Fsp3) is 0.500. The Balaban J connectivity index is 1.43. The molecule has 2 aromatic rings. The van der Waals surface area contributed by atoms with Crippen LogP contribution in [0.3, 0.4) is 0 Å². The van der Waals surface area contributed by atoms with Crippen LogP contribution in [0.2, 0.25) is 18.6 Å². The van der Waals surface area contributed by atoms with Crippen LogP contribution in [0.4, 0.5) is 15.5 Å². The molecule has 10 heteroatoms. The van der Waals surface area contributed by atoms with Crippen molar-refractivity contribution in [2.45, 2.75) is 69.1 Å². The third-order valence-electron chi connectivity index (χ3n) is 8.28. The molecule has 7 nitrogen and oxygen atoms in total. The van der Waals surface area contributed by atoms with E-state index in [0.717, 1.165) is 40.7 Å². The monoisotopic (exact) mass is 603 g/mol. The van der Waals surface area contributed by atoms with E-state index in [1.54, 1.807) is 18.0 Å². The molecule has 3 aliphatic rings. The van der Waals surface area contributed by atoms with Crippen molar-refractivity contribution in [2.75, 3.05) is 23.4 Å². The van der Waals surface area contributed by atoms with Crippen molar-refractivity contribution in [1.29, 1.82) is 0 Å². The highest BCUT2D eigenvalue weighted by Gasteiger charge is 2.66. The number of aliphatic hydroxyl groups is 1. The quantitative estimate of drug-likeness (QED) is 0.311. The standard InChI is InChI=1S/C28H35BrFN3O4Si/c1-17-25(38(2,3)30)24(12-14-34)37-28(17)21-15-19(29)8-11-23(21)33(27(28)36)16-18-6-9-20(10-7-18)32-26(35)22-5-4-13-31-22/h6-11,15,17,22,24-25,31,34H,4-5,12-14,16H2,1-3H3,(H,32,35)/t17-,22-,24+,25-,28+/m1/s1. The fourth-order valence-electron chi connectivity index (χ4n) is 6.59. The van der Waals surface area contributed by atoms with Gasteiger partial charge in [0.15, 0.2) is 5.60 Å². The molecule has 0 radical (unpaired) electrons.